The molecule has 0 aliphatic carbocycles. The molecule has 214 valence electrons. The van der Waals surface area contributed by atoms with Gasteiger partial charge in [-0.15, -0.1) is 0 Å². The number of carbonyl (C=O) groups excluding carboxylic acids is 2. The number of nitrogens with one attached hydrogen (secondary N) is 3. The van der Waals surface area contributed by atoms with Crippen LogP contribution in [0.2, 0.25) is 0 Å². The van der Waals surface area contributed by atoms with Crippen LogP contribution in [0, 0.1) is 18.8 Å². The third-order valence-corrected chi connectivity index (χ3v) is 6.74. The number of anilines is 2. The number of likely N-dealkylation sites (N-methyl/N-ethyl adjacent to an activating group) is 1. The lowest BCUT2D eigenvalue weighted by Crippen LogP contribution is -2.44. The molecule has 4 rings (SSSR count). The first-order valence-electron chi connectivity index (χ1n) is 13.0. The van der Waals surface area contributed by atoms with Gasteiger partial charge < -0.3 is 15.5 Å². The molecule has 2 heterocycles. The minimum absolute atomic E-state index is 0.0641. The zero-order valence-electron chi connectivity index (χ0n) is 23.0. The number of halogens is 3. The summed E-state index contributed by atoms with van der Waals surface area (Å²) >= 11 is 0. The van der Waals surface area contributed by atoms with Crippen molar-refractivity contribution in [3.05, 3.63) is 88.1 Å². The molecule has 0 atom stereocenters. The number of carbonyl (C=O) groups is 2. The van der Waals surface area contributed by atoms with Crippen LogP contribution in [0.25, 0.3) is 0 Å². The second-order valence-electron chi connectivity index (χ2n) is 9.82. The van der Waals surface area contributed by atoms with Crippen LogP contribution in [-0.2, 0) is 12.7 Å². The highest BCUT2D eigenvalue weighted by atomic mass is 19.4. The number of amides is 3. The van der Waals surface area contributed by atoms with Gasteiger partial charge in [0.25, 0.3) is 5.91 Å². The Hall–Kier alpha value is -4.40. The Kier molecular flexibility index (Phi) is 9.27. The van der Waals surface area contributed by atoms with E-state index in [4.69, 9.17) is 0 Å². The highest BCUT2D eigenvalue weighted by molar-refractivity contribution is 6.04. The molecular weight excluding hydrogens is 533 g/mol. The van der Waals surface area contributed by atoms with Gasteiger partial charge >= 0.3 is 12.2 Å². The van der Waals surface area contributed by atoms with Crippen LogP contribution in [0.4, 0.5) is 29.5 Å². The minimum atomic E-state index is -4.55. The van der Waals surface area contributed by atoms with E-state index in [0.717, 1.165) is 24.7 Å². The van der Waals surface area contributed by atoms with Crippen molar-refractivity contribution in [2.75, 3.05) is 50.9 Å². The van der Waals surface area contributed by atoms with E-state index in [1.807, 2.05) is 18.9 Å². The molecule has 3 N–H and O–H groups in total. The summed E-state index contributed by atoms with van der Waals surface area (Å²) in [6, 6.07) is 11.8. The molecule has 1 aromatic heterocycles. The average Bonchev–Trinajstić information content (AvgIpc) is 2.94. The van der Waals surface area contributed by atoms with Crippen molar-refractivity contribution < 1.29 is 22.8 Å². The first-order chi connectivity index (χ1) is 19.5. The number of nitrogens with zero attached hydrogens (tertiary/aromatic N) is 3. The lowest BCUT2D eigenvalue weighted by Gasteiger charge is -2.33. The molecule has 1 aliphatic heterocycles. The highest BCUT2D eigenvalue weighted by Gasteiger charge is 2.34. The van der Waals surface area contributed by atoms with Crippen LogP contribution in [0.15, 0.2) is 54.7 Å². The van der Waals surface area contributed by atoms with Crippen LogP contribution in [0.3, 0.4) is 0 Å². The Morgan fingerprint density at radius 2 is 1.73 bits per heavy atom. The van der Waals surface area contributed by atoms with Gasteiger partial charge in [-0.1, -0.05) is 24.0 Å². The number of hydrogen-bond donors (Lipinski definition) is 3. The van der Waals surface area contributed by atoms with Crippen LogP contribution in [0.1, 0.15) is 38.2 Å². The predicted molar refractivity (Wildman–Crippen MR) is 152 cm³/mol. The van der Waals surface area contributed by atoms with Gasteiger partial charge in [0.2, 0.25) is 0 Å². The molecular formula is C30H31F3N6O2. The number of aryl methyl sites for hydroxylation is 1. The normalized spacial score (nSPS) is 14.1. The van der Waals surface area contributed by atoms with Gasteiger partial charge in [-0.05, 0) is 61.5 Å². The second-order valence-corrected chi connectivity index (χ2v) is 9.82. The molecule has 11 heteroatoms. The molecule has 0 saturated carbocycles. The number of pyridine rings is 1. The summed E-state index contributed by atoms with van der Waals surface area (Å²) < 4.78 is 41.8. The molecule has 1 aliphatic rings. The number of benzene rings is 2. The molecule has 8 nitrogen and oxygen atoms in total. The largest absolute Gasteiger partial charge is 0.416 e. The van der Waals surface area contributed by atoms with Gasteiger partial charge in [-0.3, -0.25) is 15.0 Å². The zero-order chi connectivity index (χ0) is 29.6. The lowest BCUT2D eigenvalue weighted by atomic mass is 10.0. The molecule has 0 bridgehead atoms. The summed E-state index contributed by atoms with van der Waals surface area (Å²) in [6.07, 6.45) is -3.05. The van der Waals surface area contributed by atoms with Crippen molar-refractivity contribution in [2.45, 2.75) is 19.6 Å². The maximum atomic E-state index is 13.9. The van der Waals surface area contributed by atoms with Crippen molar-refractivity contribution in [3.8, 4) is 11.8 Å². The molecule has 0 unspecified atom stereocenters. The van der Waals surface area contributed by atoms with Crippen molar-refractivity contribution in [2.24, 2.45) is 0 Å². The topological polar surface area (TPSA) is 89.6 Å². The van der Waals surface area contributed by atoms with Crippen molar-refractivity contribution in [1.82, 2.24) is 20.1 Å². The van der Waals surface area contributed by atoms with Gasteiger partial charge in [0.1, 0.15) is 5.82 Å². The van der Waals surface area contributed by atoms with Crippen molar-refractivity contribution in [3.63, 3.8) is 0 Å². The maximum Gasteiger partial charge on any atom is 0.416 e. The fourth-order valence-corrected chi connectivity index (χ4v) is 4.26. The zero-order valence-corrected chi connectivity index (χ0v) is 23.0. The van der Waals surface area contributed by atoms with E-state index in [1.165, 1.54) is 25.4 Å². The van der Waals surface area contributed by atoms with Gasteiger partial charge in [0.15, 0.2) is 0 Å². The third kappa shape index (κ3) is 8.06. The Morgan fingerprint density at radius 1 is 0.976 bits per heavy atom. The van der Waals surface area contributed by atoms with Crippen LogP contribution in [0.5, 0.6) is 0 Å². The van der Waals surface area contributed by atoms with Gasteiger partial charge in [-0.2, -0.15) is 13.2 Å². The molecule has 1 fully saturated rings. The number of hydrogen-bond acceptors (Lipinski definition) is 5. The summed E-state index contributed by atoms with van der Waals surface area (Å²) in [4.78, 5) is 32.7. The third-order valence-electron chi connectivity index (χ3n) is 6.74. The maximum absolute atomic E-state index is 13.9. The minimum Gasteiger partial charge on any atom is -0.341 e. The van der Waals surface area contributed by atoms with Crippen molar-refractivity contribution in [1.29, 1.82) is 0 Å². The van der Waals surface area contributed by atoms with Crippen molar-refractivity contribution >= 4 is 23.4 Å². The fraction of sp³-hybridized carbons (Fsp3) is 0.300. The molecule has 1 saturated heterocycles. The van der Waals surface area contributed by atoms with Crippen LogP contribution in [-0.4, -0.2) is 67.0 Å². The van der Waals surface area contributed by atoms with Crippen LogP contribution >= 0.6 is 0 Å². The Morgan fingerprint density at radius 3 is 2.39 bits per heavy atom. The monoisotopic (exact) mass is 564 g/mol. The number of aromatic nitrogens is 1. The van der Waals surface area contributed by atoms with E-state index < -0.39 is 23.7 Å². The number of piperazine rings is 1. The Bertz CT molecular complexity index is 1470. The lowest BCUT2D eigenvalue weighted by molar-refractivity contribution is -0.138. The van der Waals surface area contributed by atoms with E-state index >= 15 is 0 Å². The van der Waals surface area contributed by atoms with Crippen LogP contribution < -0.4 is 16.0 Å². The summed E-state index contributed by atoms with van der Waals surface area (Å²) in [5, 5.41) is 7.59. The molecule has 3 amide bonds. The number of urea groups is 1. The average molecular weight is 565 g/mol. The Balaban J connectivity index is 1.48. The summed E-state index contributed by atoms with van der Waals surface area (Å²) in [5.41, 5.74) is 1.76. The van der Waals surface area contributed by atoms with E-state index in [0.29, 0.717) is 30.0 Å². The van der Waals surface area contributed by atoms with E-state index in [2.05, 4.69) is 37.7 Å². The molecule has 0 spiro atoms. The highest BCUT2D eigenvalue weighted by Crippen LogP contribution is 2.34. The first kappa shape index (κ1) is 29.6. The van der Waals surface area contributed by atoms with E-state index in [9.17, 15) is 22.8 Å². The molecule has 41 heavy (non-hydrogen) atoms. The van der Waals surface area contributed by atoms with Gasteiger partial charge in [-0.25, -0.2) is 9.78 Å². The predicted octanol–water partition coefficient (Wildman–Crippen LogP) is 4.56. The summed E-state index contributed by atoms with van der Waals surface area (Å²) in [5.74, 6) is 5.81. The van der Waals surface area contributed by atoms with E-state index in [-0.39, 0.29) is 23.4 Å². The fourth-order valence-electron chi connectivity index (χ4n) is 4.26. The molecule has 2 aromatic carbocycles. The van der Waals surface area contributed by atoms with Gasteiger partial charge in [0.05, 0.1) is 5.56 Å². The SMILES string of the molecule is CNC(=O)Nc1ccc(C#Cc2cc(C(=O)Nc3ccc(CN4CCN(C)CC4)c(C(F)(F)F)c3)ccc2C)cn1. The second kappa shape index (κ2) is 12.8. The van der Waals surface area contributed by atoms with E-state index in [1.54, 1.807) is 30.3 Å². The number of rotatable bonds is 5. The molecule has 3 aromatic rings. The quantitative estimate of drug-likeness (QED) is 0.396. The summed E-state index contributed by atoms with van der Waals surface area (Å²) in [6.45, 7) is 5.04. The molecule has 0 radical (unpaired) electrons. The van der Waals surface area contributed by atoms with Gasteiger partial charge in [0, 0.05) is 68.3 Å². The summed E-state index contributed by atoms with van der Waals surface area (Å²) in [7, 11) is 3.49. The standard InChI is InChI=1S/C30H31F3N6O2/c1-20-4-7-23(16-22(20)8-5-21-6-11-27(35-18-21)37-29(41)34-2)28(40)36-25-10-9-24(26(17-25)30(31,32)33)19-39-14-12-38(3)13-15-39/h4,6-7,9-11,16-18H,12-15,19H2,1-3H3,(H,36,40)(H2,34,35,37,41). The number of alkyl halides is 3. The smallest absolute Gasteiger partial charge is 0.341 e. The Labute approximate surface area is 236 Å². The first-order valence-corrected chi connectivity index (χ1v) is 13.0.